The molecule has 4 heteroatoms. The lowest BCUT2D eigenvalue weighted by Crippen LogP contribution is -2.46. The SMILES string of the molecule is CC1SCCN(CC(=O)c2coc3ccccc23)C1C. The Morgan fingerprint density at radius 1 is 1.40 bits per heavy atom. The predicted octanol–water partition coefficient (Wildman–Crippen LogP) is 3.44. The van der Waals surface area contributed by atoms with E-state index < -0.39 is 0 Å². The smallest absolute Gasteiger partial charge is 0.180 e. The Morgan fingerprint density at radius 2 is 2.20 bits per heavy atom. The summed E-state index contributed by atoms with van der Waals surface area (Å²) >= 11 is 1.99. The van der Waals surface area contributed by atoms with Crippen LogP contribution in [0.4, 0.5) is 0 Å². The Balaban J connectivity index is 1.79. The maximum atomic E-state index is 12.5. The van der Waals surface area contributed by atoms with E-state index in [1.807, 2.05) is 36.0 Å². The summed E-state index contributed by atoms with van der Waals surface area (Å²) in [5.74, 6) is 1.26. The van der Waals surface area contributed by atoms with Crippen LogP contribution in [0, 0.1) is 0 Å². The van der Waals surface area contributed by atoms with Crippen molar-refractivity contribution in [2.45, 2.75) is 25.1 Å². The van der Waals surface area contributed by atoms with Crippen LogP contribution in [0.15, 0.2) is 34.9 Å². The number of Topliss-reactive ketones (excluding diaryl/α,β-unsaturated/α-hetero) is 1. The molecule has 0 saturated carbocycles. The van der Waals surface area contributed by atoms with Gasteiger partial charge in [0.05, 0.1) is 12.1 Å². The average molecular weight is 289 g/mol. The van der Waals surface area contributed by atoms with E-state index >= 15 is 0 Å². The fraction of sp³-hybridized carbons (Fsp3) is 0.438. The lowest BCUT2D eigenvalue weighted by molar-refractivity contribution is 0.0902. The van der Waals surface area contributed by atoms with Crippen molar-refractivity contribution in [3.63, 3.8) is 0 Å². The van der Waals surface area contributed by atoms with Crippen molar-refractivity contribution in [1.29, 1.82) is 0 Å². The number of nitrogens with zero attached hydrogens (tertiary/aromatic N) is 1. The third-order valence-corrected chi connectivity index (χ3v) is 5.48. The highest BCUT2D eigenvalue weighted by Crippen LogP contribution is 2.26. The largest absolute Gasteiger partial charge is 0.464 e. The summed E-state index contributed by atoms with van der Waals surface area (Å²) in [5, 5.41) is 1.50. The van der Waals surface area contributed by atoms with Crippen LogP contribution in [0.25, 0.3) is 11.0 Å². The standard InChI is InChI=1S/C16H19NO2S/c1-11-12(2)20-8-7-17(11)9-15(18)14-10-19-16-6-4-3-5-13(14)16/h3-6,10-12H,7-9H2,1-2H3. The van der Waals surface area contributed by atoms with Gasteiger partial charge in [-0.3, -0.25) is 9.69 Å². The number of benzene rings is 1. The summed E-state index contributed by atoms with van der Waals surface area (Å²) in [7, 11) is 0. The lowest BCUT2D eigenvalue weighted by atomic mass is 10.1. The minimum Gasteiger partial charge on any atom is -0.464 e. The van der Waals surface area contributed by atoms with E-state index in [4.69, 9.17) is 4.42 Å². The van der Waals surface area contributed by atoms with Gasteiger partial charge in [-0.2, -0.15) is 11.8 Å². The van der Waals surface area contributed by atoms with Gasteiger partial charge >= 0.3 is 0 Å². The van der Waals surface area contributed by atoms with Crippen LogP contribution < -0.4 is 0 Å². The lowest BCUT2D eigenvalue weighted by Gasteiger charge is -2.36. The molecule has 0 spiro atoms. The molecule has 0 amide bonds. The van der Waals surface area contributed by atoms with Crippen LogP contribution in [0.2, 0.25) is 0 Å². The summed E-state index contributed by atoms with van der Waals surface area (Å²) in [4.78, 5) is 14.8. The molecule has 0 radical (unpaired) electrons. The zero-order valence-electron chi connectivity index (χ0n) is 11.8. The molecule has 0 aliphatic carbocycles. The van der Waals surface area contributed by atoms with Gasteiger partial charge in [0.15, 0.2) is 5.78 Å². The van der Waals surface area contributed by atoms with Crippen LogP contribution in [0.3, 0.4) is 0 Å². The predicted molar refractivity (Wildman–Crippen MR) is 83.5 cm³/mol. The van der Waals surface area contributed by atoms with Crippen LogP contribution in [-0.2, 0) is 0 Å². The first-order valence-electron chi connectivity index (χ1n) is 7.02. The third kappa shape index (κ3) is 2.50. The number of carbonyl (C=O) groups excluding carboxylic acids is 1. The second-order valence-electron chi connectivity index (χ2n) is 5.36. The van der Waals surface area contributed by atoms with Crippen LogP contribution in [0.5, 0.6) is 0 Å². The van der Waals surface area contributed by atoms with E-state index in [9.17, 15) is 4.79 Å². The van der Waals surface area contributed by atoms with Crippen LogP contribution >= 0.6 is 11.8 Å². The van der Waals surface area contributed by atoms with Gasteiger partial charge in [0.25, 0.3) is 0 Å². The Labute approximate surface area is 123 Å². The van der Waals surface area contributed by atoms with Crippen molar-refractivity contribution in [2.24, 2.45) is 0 Å². The van der Waals surface area contributed by atoms with E-state index in [0.29, 0.717) is 23.4 Å². The normalized spacial score (nSPS) is 24.1. The summed E-state index contributed by atoms with van der Waals surface area (Å²) in [6.07, 6.45) is 1.60. The van der Waals surface area contributed by atoms with Gasteiger partial charge in [-0.15, -0.1) is 0 Å². The molecule has 106 valence electrons. The first-order chi connectivity index (χ1) is 9.66. The molecule has 1 aliphatic heterocycles. The molecule has 2 heterocycles. The maximum absolute atomic E-state index is 12.5. The quantitative estimate of drug-likeness (QED) is 0.811. The van der Waals surface area contributed by atoms with E-state index in [2.05, 4.69) is 18.7 Å². The van der Waals surface area contributed by atoms with Gasteiger partial charge in [0.1, 0.15) is 11.8 Å². The van der Waals surface area contributed by atoms with Crippen molar-refractivity contribution in [3.05, 3.63) is 36.1 Å². The first-order valence-corrected chi connectivity index (χ1v) is 8.07. The number of rotatable bonds is 3. The van der Waals surface area contributed by atoms with Crippen molar-refractivity contribution in [3.8, 4) is 0 Å². The summed E-state index contributed by atoms with van der Waals surface area (Å²) < 4.78 is 5.46. The highest BCUT2D eigenvalue weighted by atomic mass is 32.2. The van der Waals surface area contributed by atoms with E-state index in [0.717, 1.165) is 23.3 Å². The number of hydrogen-bond donors (Lipinski definition) is 0. The molecule has 0 N–H and O–H groups in total. The molecule has 1 fully saturated rings. The van der Waals surface area contributed by atoms with Crippen molar-refractivity contribution in [1.82, 2.24) is 4.90 Å². The zero-order chi connectivity index (χ0) is 14.1. The van der Waals surface area contributed by atoms with Gasteiger partial charge < -0.3 is 4.42 Å². The summed E-state index contributed by atoms with van der Waals surface area (Å²) in [6.45, 7) is 5.91. The zero-order valence-corrected chi connectivity index (χ0v) is 12.7. The topological polar surface area (TPSA) is 33.5 Å². The average Bonchev–Trinajstić information content (AvgIpc) is 2.88. The minimum absolute atomic E-state index is 0.154. The Bertz CT molecular complexity index is 622. The molecule has 2 aromatic rings. The molecule has 3 nitrogen and oxygen atoms in total. The molecular weight excluding hydrogens is 270 g/mol. The van der Waals surface area contributed by atoms with E-state index in [-0.39, 0.29) is 5.78 Å². The number of hydrogen-bond acceptors (Lipinski definition) is 4. The fourth-order valence-corrected chi connectivity index (χ4v) is 3.84. The minimum atomic E-state index is 0.154. The Kier molecular flexibility index (Phi) is 3.85. The third-order valence-electron chi connectivity index (χ3n) is 4.14. The van der Waals surface area contributed by atoms with Gasteiger partial charge in [0, 0.05) is 29.0 Å². The monoisotopic (exact) mass is 289 g/mol. The van der Waals surface area contributed by atoms with Gasteiger partial charge in [-0.05, 0) is 13.0 Å². The van der Waals surface area contributed by atoms with Gasteiger partial charge in [-0.25, -0.2) is 0 Å². The van der Waals surface area contributed by atoms with Crippen LogP contribution in [-0.4, -0.2) is 40.8 Å². The van der Waals surface area contributed by atoms with Gasteiger partial charge in [-0.1, -0.05) is 25.1 Å². The first kappa shape index (κ1) is 13.7. The van der Waals surface area contributed by atoms with E-state index in [1.165, 1.54) is 0 Å². The van der Waals surface area contributed by atoms with E-state index in [1.54, 1.807) is 6.26 Å². The number of furan rings is 1. The molecule has 20 heavy (non-hydrogen) atoms. The molecular formula is C16H19NO2S. The highest BCUT2D eigenvalue weighted by Gasteiger charge is 2.27. The number of para-hydroxylation sites is 1. The molecule has 3 rings (SSSR count). The maximum Gasteiger partial charge on any atom is 0.180 e. The number of fused-ring (bicyclic) bond motifs is 1. The molecule has 1 aromatic carbocycles. The fourth-order valence-electron chi connectivity index (χ4n) is 2.68. The molecule has 1 saturated heterocycles. The Morgan fingerprint density at radius 3 is 3.05 bits per heavy atom. The summed E-state index contributed by atoms with van der Waals surface area (Å²) in [6, 6.07) is 8.15. The van der Waals surface area contributed by atoms with Gasteiger partial charge in [0.2, 0.25) is 0 Å². The number of thioether (sulfide) groups is 1. The number of ketones is 1. The molecule has 2 atom stereocenters. The molecule has 1 aliphatic rings. The van der Waals surface area contributed by atoms with Crippen LogP contribution in [0.1, 0.15) is 24.2 Å². The van der Waals surface area contributed by atoms with Crippen molar-refractivity contribution < 1.29 is 9.21 Å². The van der Waals surface area contributed by atoms with Crippen molar-refractivity contribution >= 4 is 28.5 Å². The highest BCUT2D eigenvalue weighted by molar-refractivity contribution is 8.00. The second-order valence-corrected chi connectivity index (χ2v) is 6.84. The second kappa shape index (κ2) is 5.62. The molecule has 0 bridgehead atoms. The molecule has 2 unspecified atom stereocenters. The molecule has 1 aromatic heterocycles. The number of carbonyl (C=O) groups is 1. The summed E-state index contributed by atoms with van der Waals surface area (Å²) in [5.41, 5.74) is 1.49. The van der Waals surface area contributed by atoms with Crippen molar-refractivity contribution in [2.75, 3.05) is 18.8 Å². The Hall–Kier alpha value is -1.26.